The molecule has 0 aromatic rings. The number of carboxylic acids is 1. The summed E-state index contributed by atoms with van der Waals surface area (Å²) in [7, 11) is 0. The number of carbonyl (C=O) groups is 1. The first kappa shape index (κ1) is 6.28. The molecule has 0 saturated carbocycles. The second kappa shape index (κ2) is 2.02. The van der Waals surface area contributed by atoms with E-state index in [1.807, 2.05) is 0 Å². The van der Waals surface area contributed by atoms with Crippen molar-refractivity contribution in [2.45, 2.75) is 18.1 Å². The van der Waals surface area contributed by atoms with Crippen molar-refractivity contribution in [3.05, 3.63) is 11.1 Å². The van der Waals surface area contributed by atoms with E-state index in [0.717, 1.165) is 18.6 Å². The van der Waals surface area contributed by atoms with Crippen LogP contribution in [0.4, 0.5) is 0 Å². The number of rotatable bonds is 1. The highest BCUT2D eigenvalue weighted by molar-refractivity contribution is 8.00. The average Bonchev–Trinajstić information content (AvgIpc) is 1.87. The Balaban J connectivity index is 2.29. The third-order valence-corrected chi connectivity index (χ3v) is 3.33. The minimum atomic E-state index is -0.696. The highest BCUT2D eigenvalue weighted by atomic mass is 32.2. The Morgan fingerprint density at radius 1 is 1.70 bits per heavy atom. The van der Waals surface area contributed by atoms with E-state index in [0.29, 0.717) is 10.8 Å². The van der Waals surface area contributed by atoms with Crippen LogP contribution in [0.3, 0.4) is 0 Å². The second-order valence-corrected chi connectivity index (χ2v) is 3.95. The van der Waals surface area contributed by atoms with E-state index in [1.165, 1.54) is 5.57 Å². The lowest BCUT2D eigenvalue weighted by Gasteiger charge is -2.35. The predicted molar refractivity (Wildman–Crippen MR) is 40.1 cm³/mol. The van der Waals surface area contributed by atoms with Gasteiger partial charge in [0, 0.05) is 10.8 Å². The summed E-state index contributed by atoms with van der Waals surface area (Å²) in [6.45, 7) is 0. The van der Waals surface area contributed by atoms with E-state index in [2.05, 4.69) is 0 Å². The number of aliphatic carboxylic acids is 1. The lowest BCUT2D eigenvalue weighted by Crippen LogP contribution is -2.31. The highest BCUT2D eigenvalue weighted by Crippen LogP contribution is 2.45. The summed E-state index contributed by atoms with van der Waals surface area (Å²) < 4.78 is 0. The Bertz CT molecular complexity index is 220. The van der Waals surface area contributed by atoms with Gasteiger partial charge in [-0.05, 0) is 18.6 Å². The molecule has 0 amide bonds. The lowest BCUT2D eigenvalue weighted by molar-refractivity contribution is -0.133. The van der Waals surface area contributed by atoms with E-state index in [1.54, 1.807) is 11.8 Å². The van der Waals surface area contributed by atoms with Crippen molar-refractivity contribution >= 4 is 17.7 Å². The minimum Gasteiger partial charge on any atom is -0.478 e. The third kappa shape index (κ3) is 0.700. The molecule has 1 aliphatic carbocycles. The molecule has 3 rings (SSSR count). The molecule has 2 nitrogen and oxygen atoms in total. The average molecular weight is 156 g/mol. The highest BCUT2D eigenvalue weighted by Gasteiger charge is 2.37. The maximum Gasteiger partial charge on any atom is 0.332 e. The smallest absolute Gasteiger partial charge is 0.332 e. The van der Waals surface area contributed by atoms with E-state index >= 15 is 0 Å². The van der Waals surface area contributed by atoms with Crippen molar-refractivity contribution in [1.29, 1.82) is 0 Å². The summed E-state index contributed by atoms with van der Waals surface area (Å²) in [6, 6.07) is 0. The second-order valence-electron chi connectivity index (χ2n) is 2.64. The van der Waals surface area contributed by atoms with Gasteiger partial charge in [0.1, 0.15) is 0 Å². The Morgan fingerprint density at radius 2 is 2.50 bits per heavy atom. The SMILES string of the molecule is O=C(O)C1=C2CCSC1C2. The fourth-order valence-electron chi connectivity index (χ4n) is 1.52. The maximum atomic E-state index is 10.5. The Labute approximate surface area is 63.3 Å². The first-order valence-corrected chi connectivity index (χ1v) is 4.40. The third-order valence-electron chi connectivity index (χ3n) is 2.09. The number of fused-ring (bicyclic) bond motifs is 2. The van der Waals surface area contributed by atoms with E-state index in [4.69, 9.17) is 5.11 Å². The molecule has 1 unspecified atom stereocenters. The van der Waals surface area contributed by atoms with Crippen LogP contribution in [0.15, 0.2) is 11.1 Å². The zero-order valence-electron chi connectivity index (χ0n) is 5.46. The van der Waals surface area contributed by atoms with Crippen LogP contribution in [0.25, 0.3) is 0 Å². The number of thioether (sulfide) groups is 1. The summed E-state index contributed by atoms with van der Waals surface area (Å²) in [5.74, 6) is 0.426. The van der Waals surface area contributed by atoms with E-state index in [9.17, 15) is 4.79 Å². The normalized spacial score (nSPS) is 29.8. The van der Waals surface area contributed by atoms with Crippen LogP contribution in [-0.2, 0) is 4.79 Å². The molecule has 1 atom stereocenters. The molecule has 0 aromatic carbocycles. The van der Waals surface area contributed by atoms with Crippen LogP contribution in [0, 0.1) is 0 Å². The van der Waals surface area contributed by atoms with Gasteiger partial charge in [-0.25, -0.2) is 4.79 Å². The molecule has 2 heterocycles. The molecule has 2 bridgehead atoms. The summed E-state index contributed by atoms with van der Waals surface area (Å²) in [6.07, 6.45) is 2.04. The quantitative estimate of drug-likeness (QED) is 0.621. The van der Waals surface area contributed by atoms with Crippen molar-refractivity contribution in [3.63, 3.8) is 0 Å². The van der Waals surface area contributed by atoms with Crippen LogP contribution in [0.1, 0.15) is 12.8 Å². The van der Waals surface area contributed by atoms with Crippen molar-refractivity contribution in [2.75, 3.05) is 5.75 Å². The largest absolute Gasteiger partial charge is 0.478 e. The molecule has 0 aromatic heterocycles. The van der Waals surface area contributed by atoms with Gasteiger partial charge in [0.05, 0.1) is 0 Å². The fourth-order valence-corrected chi connectivity index (χ4v) is 2.93. The summed E-state index contributed by atoms with van der Waals surface area (Å²) >= 11 is 1.78. The van der Waals surface area contributed by atoms with E-state index < -0.39 is 5.97 Å². The van der Waals surface area contributed by atoms with Gasteiger partial charge in [0.25, 0.3) is 0 Å². The van der Waals surface area contributed by atoms with Crippen LogP contribution < -0.4 is 0 Å². The molecular weight excluding hydrogens is 148 g/mol. The molecule has 1 fully saturated rings. The summed E-state index contributed by atoms with van der Waals surface area (Å²) in [5, 5.41) is 9.00. The van der Waals surface area contributed by atoms with Gasteiger partial charge in [0.15, 0.2) is 0 Å². The van der Waals surface area contributed by atoms with Gasteiger partial charge in [-0.2, -0.15) is 11.8 Å². The molecular formula is C7H8O2S. The minimum absolute atomic E-state index is 0.334. The van der Waals surface area contributed by atoms with Gasteiger partial charge in [-0.15, -0.1) is 0 Å². The topological polar surface area (TPSA) is 37.3 Å². The maximum absolute atomic E-state index is 10.5. The summed E-state index contributed by atoms with van der Waals surface area (Å²) in [4.78, 5) is 10.5. The molecule has 3 heteroatoms. The molecule has 0 spiro atoms. The first-order valence-electron chi connectivity index (χ1n) is 3.36. The number of hydrogen-bond donors (Lipinski definition) is 1. The number of carboxylic acid groups (broad SMARTS) is 1. The van der Waals surface area contributed by atoms with Crippen LogP contribution in [-0.4, -0.2) is 22.1 Å². The van der Waals surface area contributed by atoms with Crippen LogP contribution >= 0.6 is 11.8 Å². The van der Waals surface area contributed by atoms with Crippen molar-refractivity contribution in [2.24, 2.45) is 0 Å². The molecule has 1 saturated heterocycles. The number of hydrogen-bond acceptors (Lipinski definition) is 2. The van der Waals surface area contributed by atoms with Gasteiger partial charge in [0.2, 0.25) is 0 Å². The molecule has 3 aliphatic rings. The lowest BCUT2D eigenvalue weighted by atomic mass is 9.85. The Hall–Kier alpha value is -0.440. The zero-order chi connectivity index (χ0) is 7.14. The Kier molecular flexibility index (Phi) is 1.27. The van der Waals surface area contributed by atoms with Crippen molar-refractivity contribution in [1.82, 2.24) is 0 Å². The molecule has 1 N–H and O–H groups in total. The standard InChI is InChI=1S/C7H8O2S/c8-7(9)6-4-1-2-10-5(6)3-4/h5H,1-3H2,(H,8,9). The van der Waals surface area contributed by atoms with Gasteiger partial charge >= 0.3 is 5.97 Å². The molecule has 54 valence electrons. The van der Waals surface area contributed by atoms with Gasteiger partial charge < -0.3 is 5.11 Å². The van der Waals surface area contributed by atoms with Gasteiger partial charge in [-0.3, -0.25) is 0 Å². The van der Waals surface area contributed by atoms with Gasteiger partial charge in [-0.1, -0.05) is 5.57 Å². The van der Waals surface area contributed by atoms with Crippen molar-refractivity contribution in [3.8, 4) is 0 Å². The molecule has 0 radical (unpaired) electrons. The van der Waals surface area contributed by atoms with E-state index in [-0.39, 0.29) is 0 Å². The zero-order valence-corrected chi connectivity index (χ0v) is 6.28. The van der Waals surface area contributed by atoms with Crippen molar-refractivity contribution < 1.29 is 9.90 Å². The number of allylic oxidation sites excluding steroid dienone is 1. The van der Waals surface area contributed by atoms with Crippen LogP contribution in [0.2, 0.25) is 0 Å². The predicted octanol–water partition coefficient (Wildman–Crippen LogP) is 1.28. The monoisotopic (exact) mass is 156 g/mol. The van der Waals surface area contributed by atoms with Crippen LogP contribution in [0.5, 0.6) is 0 Å². The Morgan fingerprint density at radius 3 is 2.80 bits per heavy atom. The summed E-state index contributed by atoms with van der Waals surface area (Å²) in [5.41, 5.74) is 1.90. The first-order chi connectivity index (χ1) is 4.79. The molecule has 10 heavy (non-hydrogen) atoms. The fraction of sp³-hybridized carbons (Fsp3) is 0.571. The molecule has 2 aliphatic heterocycles.